The monoisotopic (exact) mass is 222 g/mol. The molecule has 1 atom stereocenters. The Bertz CT molecular complexity index is 318. The Morgan fingerprint density at radius 3 is 2.81 bits per heavy atom. The summed E-state index contributed by atoms with van der Waals surface area (Å²) in [6.07, 6.45) is 4.91. The number of likely N-dealkylation sites (tertiary alicyclic amines) is 1. The zero-order valence-corrected chi connectivity index (χ0v) is 9.39. The molecule has 1 aromatic heterocycles. The number of piperidine rings is 1. The summed E-state index contributed by atoms with van der Waals surface area (Å²) in [7, 11) is 0. The fourth-order valence-corrected chi connectivity index (χ4v) is 2.95. The summed E-state index contributed by atoms with van der Waals surface area (Å²) in [6, 6.07) is 1.09. The molecule has 0 bridgehead atoms. The summed E-state index contributed by atoms with van der Waals surface area (Å²) in [5.74, 6) is 0.871. The number of nitrogens with zero attached hydrogens (tertiary/aromatic N) is 4. The fourth-order valence-electron chi connectivity index (χ4n) is 2.95. The van der Waals surface area contributed by atoms with Crippen molar-refractivity contribution in [2.75, 3.05) is 19.6 Å². The first kappa shape index (κ1) is 10.2. The highest BCUT2D eigenvalue weighted by Crippen LogP contribution is 2.33. The van der Waals surface area contributed by atoms with E-state index in [1.54, 1.807) is 0 Å². The molecule has 2 fully saturated rings. The number of hydrogen-bond acceptors (Lipinski definition) is 5. The van der Waals surface area contributed by atoms with Gasteiger partial charge in [0.2, 0.25) is 0 Å². The van der Waals surface area contributed by atoms with Gasteiger partial charge in [-0.25, -0.2) is 0 Å². The summed E-state index contributed by atoms with van der Waals surface area (Å²) in [4.78, 5) is 2.58. The van der Waals surface area contributed by atoms with Crippen molar-refractivity contribution in [2.24, 2.45) is 0 Å². The maximum atomic E-state index is 4.14. The van der Waals surface area contributed by atoms with Gasteiger partial charge in [0.15, 0.2) is 5.82 Å². The van der Waals surface area contributed by atoms with Crippen LogP contribution in [0.4, 0.5) is 0 Å². The number of aromatic amines is 1. The molecule has 16 heavy (non-hydrogen) atoms. The van der Waals surface area contributed by atoms with Crippen LogP contribution in [0.25, 0.3) is 0 Å². The Morgan fingerprint density at radius 2 is 2.06 bits per heavy atom. The summed E-state index contributed by atoms with van der Waals surface area (Å²) in [5, 5.41) is 17.9. The van der Waals surface area contributed by atoms with Crippen molar-refractivity contribution in [2.45, 2.75) is 37.8 Å². The van der Waals surface area contributed by atoms with E-state index < -0.39 is 0 Å². The third-order valence-electron chi connectivity index (χ3n) is 3.73. The van der Waals surface area contributed by atoms with Crippen molar-refractivity contribution in [3.05, 3.63) is 5.82 Å². The normalized spacial score (nSPS) is 28.6. The van der Waals surface area contributed by atoms with Gasteiger partial charge < -0.3 is 5.32 Å². The van der Waals surface area contributed by atoms with Gasteiger partial charge in [-0.15, -0.1) is 10.2 Å². The molecule has 1 aromatic rings. The van der Waals surface area contributed by atoms with Crippen LogP contribution in [0.3, 0.4) is 0 Å². The molecular formula is C10H18N6. The molecule has 2 aliphatic heterocycles. The van der Waals surface area contributed by atoms with Gasteiger partial charge in [0, 0.05) is 6.04 Å². The van der Waals surface area contributed by atoms with E-state index in [1.807, 2.05) is 0 Å². The van der Waals surface area contributed by atoms with E-state index >= 15 is 0 Å². The number of hydrogen-bond donors (Lipinski definition) is 2. The largest absolute Gasteiger partial charge is 0.317 e. The van der Waals surface area contributed by atoms with Crippen molar-refractivity contribution in [3.8, 4) is 0 Å². The minimum Gasteiger partial charge on any atom is -0.317 e. The van der Waals surface area contributed by atoms with Gasteiger partial charge in [-0.05, 0) is 45.3 Å². The van der Waals surface area contributed by atoms with Crippen molar-refractivity contribution >= 4 is 0 Å². The molecule has 3 rings (SSSR count). The van der Waals surface area contributed by atoms with Crippen LogP contribution in [0, 0.1) is 0 Å². The van der Waals surface area contributed by atoms with Crippen LogP contribution in [-0.4, -0.2) is 51.2 Å². The molecular weight excluding hydrogens is 204 g/mol. The van der Waals surface area contributed by atoms with E-state index in [4.69, 9.17) is 0 Å². The van der Waals surface area contributed by atoms with Crippen LogP contribution in [-0.2, 0) is 0 Å². The van der Waals surface area contributed by atoms with Gasteiger partial charge in [-0.3, -0.25) is 4.90 Å². The van der Waals surface area contributed by atoms with E-state index in [0.717, 1.165) is 18.9 Å². The van der Waals surface area contributed by atoms with Gasteiger partial charge in [0.1, 0.15) is 0 Å². The molecule has 88 valence electrons. The first-order chi connectivity index (χ1) is 7.95. The highest BCUT2D eigenvalue weighted by molar-refractivity contribution is 4.97. The Labute approximate surface area is 94.8 Å². The van der Waals surface area contributed by atoms with E-state index in [0.29, 0.717) is 12.1 Å². The first-order valence-electron chi connectivity index (χ1n) is 6.15. The lowest BCUT2D eigenvalue weighted by Gasteiger charge is -2.34. The average Bonchev–Trinajstić information content (AvgIpc) is 3.01. The SMILES string of the molecule is C1CC(c2nn[nH]n2)N(C2CCNCC2)C1. The number of tetrazole rings is 1. The Balaban J connectivity index is 1.73. The van der Waals surface area contributed by atoms with Crippen LogP contribution in [0.5, 0.6) is 0 Å². The van der Waals surface area contributed by atoms with Crippen molar-refractivity contribution in [3.63, 3.8) is 0 Å². The third-order valence-corrected chi connectivity index (χ3v) is 3.73. The van der Waals surface area contributed by atoms with Crippen LogP contribution in [0.1, 0.15) is 37.5 Å². The number of rotatable bonds is 2. The minimum absolute atomic E-state index is 0.391. The van der Waals surface area contributed by atoms with E-state index in [-0.39, 0.29) is 0 Å². The van der Waals surface area contributed by atoms with Crippen LogP contribution < -0.4 is 5.32 Å². The maximum Gasteiger partial charge on any atom is 0.191 e. The van der Waals surface area contributed by atoms with Gasteiger partial charge >= 0.3 is 0 Å². The predicted octanol–water partition coefficient (Wildman–Crippen LogP) is 0.0886. The molecule has 3 heterocycles. The Kier molecular flexibility index (Phi) is 2.84. The average molecular weight is 222 g/mol. The zero-order valence-electron chi connectivity index (χ0n) is 9.39. The number of H-pyrrole nitrogens is 1. The van der Waals surface area contributed by atoms with Gasteiger partial charge in [0.25, 0.3) is 0 Å². The Morgan fingerprint density at radius 1 is 1.19 bits per heavy atom. The molecule has 2 N–H and O–H groups in total. The highest BCUT2D eigenvalue weighted by Gasteiger charge is 2.34. The Hall–Kier alpha value is -1.01. The molecule has 0 radical (unpaired) electrons. The molecule has 0 saturated carbocycles. The van der Waals surface area contributed by atoms with E-state index in [2.05, 4.69) is 30.8 Å². The molecule has 2 saturated heterocycles. The lowest BCUT2D eigenvalue weighted by molar-refractivity contribution is 0.143. The predicted molar refractivity (Wildman–Crippen MR) is 58.8 cm³/mol. The van der Waals surface area contributed by atoms with Gasteiger partial charge in [-0.1, -0.05) is 5.21 Å². The molecule has 0 aromatic carbocycles. The second-order valence-electron chi connectivity index (χ2n) is 4.65. The summed E-state index contributed by atoms with van der Waals surface area (Å²) < 4.78 is 0. The number of aromatic nitrogens is 4. The minimum atomic E-state index is 0.391. The molecule has 6 nitrogen and oxygen atoms in total. The van der Waals surface area contributed by atoms with Gasteiger partial charge in [0.05, 0.1) is 6.04 Å². The van der Waals surface area contributed by atoms with E-state index in [1.165, 1.54) is 32.2 Å². The first-order valence-corrected chi connectivity index (χ1v) is 6.15. The quantitative estimate of drug-likeness (QED) is 0.742. The molecule has 2 aliphatic rings. The van der Waals surface area contributed by atoms with Crippen LogP contribution in [0.2, 0.25) is 0 Å². The molecule has 0 aliphatic carbocycles. The smallest absolute Gasteiger partial charge is 0.191 e. The molecule has 0 amide bonds. The topological polar surface area (TPSA) is 69.7 Å². The summed E-state index contributed by atoms with van der Waals surface area (Å²) in [5.41, 5.74) is 0. The van der Waals surface area contributed by atoms with Crippen LogP contribution in [0.15, 0.2) is 0 Å². The van der Waals surface area contributed by atoms with Crippen molar-refractivity contribution in [1.82, 2.24) is 30.8 Å². The highest BCUT2D eigenvalue weighted by atomic mass is 15.5. The van der Waals surface area contributed by atoms with Crippen molar-refractivity contribution in [1.29, 1.82) is 0 Å². The third kappa shape index (κ3) is 1.82. The lowest BCUT2D eigenvalue weighted by Crippen LogP contribution is -2.42. The molecule has 1 unspecified atom stereocenters. The second-order valence-corrected chi connectivity index (χ2v) is 4.65. The second kappa shape index (κ2) is 4.47. The van der Waals surface area contributed by atoms with Crippen LogP contribution >= 0.6 is 0 Å². The fraction of sp³-hybridized carbons (Fsp3) is 0.900. The zero-order chi connectivity index (χ0) is 10.8. The lowest BCUT2D eigenvalue weighted by atomic mass is 10.0. The van der Waals surface area contributed by atoms with E-state index in [9.17, 15) is 0 Å². The molecule has 0 spiro atoms. The summed E-state index contributed by atoms with van der Waals surface area (Å²) in [6.45, 7) is 3.46. The summed E-state index contributed by atoms with van der Waals surface area (Å²) >= 11 is 0. The van der Waals surface area contributed by atoms with Crippen molar-refractivity contribution < 1.29 is 0 Å². The molecule has 6 heteroatoms. The van der Waals surface area contributed by atoms with Gasteiger partial charge in [-0.2, -0.15) is 5.21 Å². The standard InChI is InChI=1S/C10H18N6/c1-2-9(10-12-14-15-13-10)16(7-1)8-3-5-11-6-4-8/h8-9,11H,1-7H2,(H,12,13,14,15). The maximum absolute atomic E-state index is 4.14. The number of nitrogens with one attached hydrogen (secondary N) is 2.